The van der Waals surface area contributed by atoms with Crippen molar-refractivity contribution in [2.24, 2.45) is 0 Å². The van der Waals surface area contributed by atoms with Crippen LogP contribution in [0.4, 0.5) is 0 Å². The zero-order valence-corrected chi connectivity index (χ0v) is 9.63. The molecule has 0 radical (unpaired) electrons. The van der Waals surface area contributed by atoms with E-state index in [4.69, 9.17) is 4.74 Å². The second-order valence-corrected chi connectivity index (χ2v) is 5.69. The lowest BCUT2D eigenvalue weighted by molar-refractivity contribution is -0.118. The van der Waals surface area contributed by atoms with Gasteiger partial charge in [0.2, 0.25) is 0 Å². The first-order valence-corrected chi connectivity index (χ1v) is 6.73. The molecule has 15 heavy (non-hydrogen) atoms. The molecule has 1 nitrogen and oxygen atoms in total. The molecule has 2 aliphatic carbocycles. The first-order chi connectivity index (χ1) is 7.33. The first-order valence-electron chi connectivity index (χ1n) is 6.73. The summed E-state index contributed by atoms with van der Waals surface area (Å²) in [5, 5.41) is 0. The maximum absolute atomic E-state index is 6.51. The van der Waals surface area contributed by atoms with Gasteiger partial charge in [-0.05, 0) is 25.7 Å². The molecule has 2 fully saturated rings. The minimum absolute atomic E-state index is 0.162. The van der Waals surface area contributed by atoms with Crippen LogP contribution in [-0.2, 0) is 4.74 Å². The summed E-state index contributed by atoms with van der Waals surface area (Å²) in [6, 6.07) is 0. The molecule has 0 amide bonds. The van der Waals surface area contributed by atoms with Crippen LogP contribution in [0, 0.1) is 0 Å². The molecule has 0 aromatic heterocycles. The Morgan fingerprint density at radius 1 is 0.600 bits per heavy atom. The monoisotopic (exact) mass is 206 g/mol. The van der Waals surface area contributed by atoms with Gasteiger partial charge in [0, 0.05) is 0 Å². The molecule has 1 heteroatoms. The quantitative estimate of drug-likeness (QED) is 0.545. The lowest BCUT2D eigenvalue weighted by atomic mass is 9.85. The fourth-order valence-electron chi connectivity index (χ4n) is 3.61. The summed E-state index contributed by atoms with van der Waals surface area (Å²) in [4.78, 5) is 0. The van der Waals surface area contributed by atoms with Gasteiger partial charge in [0.25, 0.3) is 0 Å². The third-order valence-corrected chi connectivity index (χ3v) is 4.50. The standard InChI is InChI=1S/C14H22O/c1-3-7-13(8-4-1)11-12-14(15-13)9-5-2-6-10-14/h11-12H,1-10H2. The second-order valence-electron chi connectivity index (χ2n) is 5.69. The van der Waals surface area contributed by atoms with Gasteiger partial charge in [-0.3, -0.25) is 0 Å². The van der Waals surface area contributed by atoms with Gasteiger partial charge in [-0.1, -0.05) is 50.7 Å². The second kappa shape index (κ2) is 3.62. The Kier molecular flexibility index (Phi) is 2.39. The minimum atomic E-state index is 0.162. The van der Waals surface area contributed by atoms with Crippen LogP contribution < -0.4 is 0 Å². The molecular weight excluding hydrogens is 184 g/mol. The smallest absolute Gasteiger partial charge is 0.0875 e. The SMILES string of the molecule is C1=CC2(CCCCC2)OC12CCCCC2. The summed E-state index contributed by atoms with van der Waals surface area (Å²) in [5.74, 6) is 0. The van der Waals surface area contributed by atoms with Gasteiger partial charge in [-0.15, -0.1) is 0 Å². The predicted molar refractivity (Wildman–Crippen MR) is 61.9 cm³/mol. The van der Waals surface area contributed by atoms with Crippen molar-refractivity contribution in [3.05, 3.63) is 12.2 Å². The Morgan fingerprint density at radius 3 is 1.40 bits per heavy atom. The molecule has 0 aromatic carbocycles. The van der Waals surface area contributed by atoms with Crippen molar-refractivity contribution in [1.82, 2.24) is 0 Å². The maximum atomic E-state index is 6.51. The van der Waals surface area contributed by atoms with Crippen LogP contribution in [0.15, 0.2) is 12.2 Å². The molecule has 84 valence electrons. The van der Waals surface area contributed by atoms with Gasteiger partial charge in [0.05, 0.1) is 11.2 Å². The predicted octanol–water partition coefficient (Wildman–Crippen LogP) is 3.98. The number of ether oxygens (including phenoxy) is 1. The highest BCUT2D eigenvalue weighted by molar-refractivity contribution is 5.19. The minimum Gasteiger partial charge on any atom is -0.360 e. The molecule has 3 rings (SSSR count). The lowest BCUT2D eigenvalue weighted by Gasteiger charge is -2.39. The first kappa shape index (κ1) is 9.89. The topological polar surface area (TPSA) is 9.23 Å². The van der Waals surface area contributed by atoms with Crippen LogP contribution in [0.1, 0.15) is 64.2 Å². The van der Waals surface area contributed by atoms with Crippen molar-refractivity contribution in [1.29, 1.82) is 0 Å². The van der Waals surface area contributed by atoms with Crippen LogP contribution >= 0.6 is 0 Å². The molecule has 2 spiro atoms. The average molecular weight is 206 g/mol. The van der Waals surface area contributed by atoms with Gasteiger partial charge >= 0.3 is 0 Å². The molecule has 0 N–H and O–H groups in total. The summed E-state index contributed by atoms with van der Waals surface area (Å²) in [6.07, 6.45) is 18.2. The largest absolute Gasteiger partial charge is 0.360 e. The van der Waals surface area contributed by atoms with Gasteiger partial charge in [-0.2, -0.15) is 0 Å². The van der Waals surface area contributed by atoms with E-state index in [2.05, 4.69) is 12.2 Å². The third-order valence-electron chi connectivity index (χ3n) is 4.50. The molecule has 0 aromatic rings. The van der Waals surface area contributed by atoms with Crippen molar-refractivity contribution >= 4 is 0 Å². The van der Waals surface area contributed by atoms with Crippen molar-refractivity contribution in [2.75, 3.05) is 0 Å². The average Bonchev–Trinajstić information content (AvgIpc) is 2.60. The summed E-state index contributed by atoms with van der Waals surface area (Å²) in [6.45, 7) is 0. The van der Waals surface area contributed by atoms with Crippen LogP contribution in [0.2, 0.25) is 0 Å². The maximum Gasteiger partial charge on any atom is 0.0875 e. The highest BCUT2D eigenvalue weighted by atomic mass is 16.5. The fourth-order valence-corrected chi connectivity index (χ4v) is 3.61. The van der Waals surface area contributed by atoms with Crippen molar-refractivity contribution in [2.45, 2.75) is 75.4 Å². The molecule has 3 aliphatic rings. The van der Waals surface area contributed by atoms with E-state index in [1.165, 1.54) is 64.2 Å². The Morgan fingerprint density at radius 2 is 1.00 bits per heavy atom. The van der Waals surface area contributed by atoms with Crippen LogP contribution in [0.3, 0.4) is 0 Å². The fraction of sp³-hybridized carbons (Fsp3) is 0.857. The van der Waals surface area contributed by atoms with E-state index in [0.29, 0.717) is 0 Å². The van der Waals surface area contributed by atoms with Gasteiger partial charge in [-0.25, -0.2) is 0 Å². The number of hydrogen-bond donors (Lipinski definition) is 0. The van der Waals surface area contributed by atoms with E-state index in [1.54, 1.807) is 0 Å². The van der Waals surface area contributed by atoms with E-state index < -0.39 is 0 Å². The molecule has 0 saturated heterocycles. The van der Waals surface area contributed by atoms with E-state index in [-0.39, 0.29) is 11.2 Å². The number of rotatable bonds is 0. The summed E-state index contributed by atoms with van der Waals surface area (Å²) in [5.41, 5.74) is 0.325. The molecule has 1 aliphatic heterocycles. The van der Waals surface area contributed by atoms with E-state index >= 15 is 0 Å². The van der Waals surface area contributed by atoms with Gasteiger partial charge in [0.15, 0.2) is 0 Å². The molecule has 0 atom stereocenters. The van der Waals surface area contributed by atoms with Crippen molar-refractivity contribution in [3.8, 4) is 0 Å². The molecule has 0 bridgehead atoms. The number of hydrogen-bond acceptors (Lipinski definition) is 1. The van der Waals surface area contributed by atoms with E-state index in [0.717, 1.165) is 0 Å². The van der Waals surface area contributed by atoms with Crippen LogP contribution in [0.5, 0.6) is 0 Å². The summed E-state index contributed by atoms with van der Waals surface area (Å²) < 4.78 is 6.51. The molecule has 0 unspecified atom stereocenters. The van der Waals surface area contributed by atoms with Gasteiger partial charge < -0.3 is 4.74 Å². The Hall–Kier alpha value is -0.300. The van der Waals surface area contributed by atoms with Crippen molar-refractivity contribution < 1.29 is 4.74 Å². The highest BCUT2D eigenvalue weighted by Crippen LogP contribution is 2.46. The third kappa shape index (κ3) is 1.75. The van der Waals surface area contributed by atoms with E-state index in [9.17, 15) is 0 Å². The van der Waals surface area contributed by atoms with E-state index in [1.807, 2.05) is 0 Å². The summed E-state index contributed by atoms with van der Waals surface area (Å²) >= 11 is 0. The highest BCUT2D eigenvalue weighted by Gasteiger charge is 2.45. The Balaban J connectivity index is 1.74. The van der Waals surface area contributed by atoms with Crippen LogP contribution in [-0.4, -0.2) is 11.2 Å². The molecule has 1 heterocycles. The Labute approximate surface area is 92.9 Å². The van der Waals surface area contributed by atoms with Crippen molar-refractivity contribution in [3.63, 3.8) is 0 Å². The summed E-state index contributed by atoms with van der Waals surface area (Å²) in [7, 11) is 0. The van der Waals surface area contributed by atoms with Gasteiger partial charge in [0.1, 0.15) is 0 Å². The zero-order chi connectivity index (χ0) is 10.2. The normalized spacial score (nSPS) is 32.5. The lowest BCUT2D eigenvalue weighted by Crippen LogP contribution is -2.39. The molecular formula is C14H22O. The molecule has 2 saturated carbocycles. The Bertz CT molecular complexity index is 229. The zero-order valence-electron chi connectivity index (χ0n) is 9.63. The van der Waals surface area contributed by atoms with Crippen LogP contribution in [0.25, 0.3) is 0 Å².